The number of hydrogen-bond donors (Lipinski definition) is 1. The van der Waals surface area contributed by atoms with Crippen molar-refractivity contribution in [1.29, 1.82) is 0 Å². The Bertz CT molecular complexity index is 441. The van der Waals surface area contributed by atoms with Crippen molar-refractivity contribution in [3.05, 3.63) is 28.0 Å². The van der Waals surface area contributed by atoms with Gasteiger partial charge in [0, 0.05) is 22.6 Å². The third-order valence-electron chi connectivity index (χ3n) is 3.61. The van der Waals surface area contributed by atoms with Crippen LogP contribution in [0.25, 0.3) is 0 Å². The molecule has 18 heavy (non-hydrogen) atoms. The number of halogens is 2. The molecule has 2 unspecified atom stereocenters. The van der Waals surface area contributed by atoms with Crippen molar-refractivity contribution in [2.75, 3.05) is 27.2 Å². The van der Waals surface area contributed by atoms with E-state index < -0.39 is 0 Å². The van der Waals surface area contributed by atoms with Gasteiger partial charge in [-0.25, -0.2) is 4.39 Å². The van der Waals surface area contributed by atoms with Crippen LogP contribution in [0, 0.1) is 11.7 Å². The van der Waals surface area contributed by atoms with E-state index in [4.69, 9.17) is 10.5 Å². The monoisotopic (exact) mass is 316 g/mol. The van der Waals surface area contributed by atoms with Gasteiger partial charge < -0.3 is 10.5 Å². The Hall–Kier alpha value is -0.650. The minimum Gasteiger partial charge on any atom is -0.494 e. The first-order valence-electron chi connectivity index (χ1n) is 6.00. The lowest BCUT2D eigenvalue weighted by Crippen LogP contribution is -2.21. The fourth-order valence-electron chi connectivity index (χ4n) is 2.63. The number of ether oxygens (including phenoxy) is 1. The number of benzene rings is 1. The molecule has 1 aliphatic heterocycles. The van der Waals surface area contributed by atoms with Gasteiger partial charge in [0.15, 0.2) is 11.6 Å². The van der Waals surface area contributed by atoms with Crippen LogP contribution in [-0.2, 0) is 0 Å². The summed E-state index contributed by atoms with van der Waals surface area (Å²) in [4.78, 5) is 2.15. The van der Waals surface area contributed by atoms with Crippen molar-refractivity contribution >= 4 is 15.9 Å². The summed E-state index contributed by atoms with van der Waals surface area (Å²) in [5, 5.41) is 0. The SMILES string of the molecule is COc1ccc(Br)c(C2CC(CN)CN2C)c1F. The van der Waals surface area contributed by atoms with Gasteiger partial charge in [-0.2, -0.15) is 0 Å². The quantitative estimate of drug-likeness (QED) is 0.931. The van der Waals surface area contributed by atoms with E-state index in [-0.39, 0.29) is 17.6 Å². The summed E-state index contributed by atoms with van der Waals surface area (Å²) in [6, 6.07) is 3.53. The van der Waals surface area contributed by atoms with E-state index in [1.807, 2.05) is 13.1 Å². The van der Waals surface area contributed by atoms with Crippen LogP contribution >= 0.6 is 15.9 Å². The molecule has 0 bridgehead atoms. The number of methoxy groups -OCH3 is 1. The van der Waals surface area contributed by atoms with Gasteiger partial charge in [0.05, 0.1) is 7.11 Å². The minimum absolute atomic E-state index is 0.0584. The predicted molar refractivity (Wildman–Crippen MR) is 73.2 cm³/mol. The normalized spacial score (nSPS) is 24.5. The molecule has 1 saturated heterocycles. The molecule has 2 N–H and O–H groups in total. The molecule has 5 heteroatoms. The van der Waals surface area contributed by atoms with Crippen LogP contribution in [0.4, 0.5) is 4.39 Å². The Morgan fingerprint density at radius 2 is 2.28 bits per heavy atom. The van der Waals surface area contributed by atoms with Gasteiger partial charge in [0.25, 0.3) is 0 Å². The second kappa shape index (κ2) is 5.55. The minimum atomic E-state index is -0.276. The van der Waals surface area contributed by atoms with Gasteiger partial charge in [-0.15, -0.1) is 0 Å². The zero-order chi connectivity index (χ0) is 13.3. The van der Waals surface area contributed by atoms with Crippen molar-refractivity contribution in [3.63, 3.8) is 0 Å². The Labute approximate surface area is 115 Å². The maximum absolute atomic E-state index is 14.4. The fraction of sp³-hybridized carbons (Fsp3) is 0.538. The lowest BCUT2D eigenvalue weighted by Gasteiger charge is -2.22. The summed E-state index contributed by atoms with van der Waals surface area (Å²) in [5.41, 5.74) is 6.39. The molecular formula is C13H18BrFN2O. The number of nitrogens with two attached hydrogens (primary N) is 1. The highest BCUT2D eigenvalue weighted by Gasteiger charge is 2.33. The van der Waals surface area contributed by atoms with E-state index >= 15 is 0 Å². The lowest BCUT2D eigenvalue weighted by atomic mass is 9.99. The second-order valence-corrected chi connectivity index (χ2v) is 5.62. The molecule has 0 aliphatic carbocycles. The van der Waals surface area contributed by atoms with Crippen LogP contribution < -0.4 is 10.5 Å². The molecule has 1 fully saturated rings. The van der Waals surface area contributed by atoms with Crippen molar-refractivity contribution in [2.24, 2.45) is 11.7 Å². The van der Waals surface area contributed by atoms with Gasteiger partial charge in [-0.3, -0.25) is 4.90 Å². The van der Waals surface area contributed by atoms with Crippen LogP contribution in [-0.4, -0.2) is 32.1 Å². The largest absolute Gasteiger partial charge is 0.494 e. The molecular weight excluding hydrogens is 299 g/mol. The van der Waals surface area contributed by atoms with Crippen LogP contribution in [0.1, 0.15) is 18.0 Å². The number of rotatable bonds is 3. The Balaban J connectivity index is 2.38. The first kappa shape index (κ1) is 13.8. The van der Waals surface area contributed by atoms with Crippen LogP contribution in [0.15, 0.2) is 16.6 Å². The van der Waals surface area contributed by atoms with Gasteiger partial charge in [0.1, 0.15) is 0 Å². The van der Waals surface area contributed by atoms with Gasteiger partial charge in [-0.05, 0) is 38.1 Å². The maximum atomic E-state index is 14.4. The molecule has 0 radical (unpaired) electrons. The molecule has 3 nitrogen and oxygen atoms in total. The standard InChI is InChI=1S/C13H18BrFN2O/c1-17-7-8(6-16)5-10(17)12-9(14)3-4-11(18-2)13(12)15/h3-4,8,10H,5-7,16H2,1-2H3. The topological polar surface area (TPSA) is 38.5 Å². The fourth-order valence-corrected chi connectivity index (χ4v) is 3.20. The molecule has 0 spiro atoms. The molecule has 2 atom stereocenters. The molecule has 1 aliphatic rings. The van der Waals surface area contributed by atoms with E-state index in [1.54, 1.807) is 6.07 Å². The summed E-state index contributed by atoms with van der Waals surface area (Å²) in [5.74, 6) is 0.441. The van der Waals surface area contributed by atoms with E-state index in [0.29, 0.717) is 18.0 Å². The van der Waals surface area contributed by atoms with E-state index in [2.05, 4.69) is 20.8 Å². The van der Waals surface area contributed by atoms with Crippen molar-refractivity contribution in [1.82, 2.24) is 4.90 Å². The summed E-state index contributed by atoms with van der Waals surface area (Å²) in [7, 11) is 3.49. The van der Waals surface area contributed by atoms with E-state index in [9.17, 15) is 4.39 Å². The number of nitrogens with zero attached hydrogens (tertiary/aromatic N) is 1. The zero-order valence-electron chi connectivity index (χ0n) is 10.6. The zero-order valence-corrected chi connectivity index (χ0v) is 12.2. The Morgan fingerprint density at radius 1 is 1.56 bits per heavy atom. The van der Waals surface area contributed by atoms with Crippen LogP contribution in [0.5, 0.6) is 5.75 Å². The molecule has 2 rings (SSSR count). The van der Waals surface area contributed by atoms with Crippen LogP contribution in [0.3, 0.4) is 0 Å². The molecule has 1 aromatic carbocycles. The summed E-state index contributed by atoms with van der Waals surface area (Å²) in [6.07, 6.45) is 0.885. The highest BCUT2D eigenvalue weighted by atomic mass is 79.9. The van der Waals surface area contributed by atoms with Crippen molar-refractivity contribution in [2.45, 2.75) is 12.5 Å². The number of hydrogen-bond acceptors (Lipinski definition) is 3. The first-order valence-corrected chi connectivity index (χ1v) is 6.80. The van der Waals surface area contributed by atoms with Gasteiger partial charge >= 0.3 is 0 Å². The third-order valence-corrected chi connectivity index (χ3v) is 4.30. The Morgan fingerprint density at radius 3 is 2.83 bits per heavy atom. The van der Waals surface area contributed by atoms with Crippen molar-refractivity contribution in [3.8, 4) is 5.75 Å². The summed E-state index contributed by atoms with van der Waals surface area (Å²) >= 11 is 3.44. The number of likely N-dealkylation sites (tertiary alicyclic amines) is 1. The lowest BCUT2D eigenvalue weighted by molar-refractivity contribution is 0.301. The van der Waals surface area contributed by atoms with Gasteiger partial charge in [-0.1, -0.05) is 15.9 Å². The smallest absolute Gasteiger partial charge is 0.170 e. The van der Waals surface area contributed by atoms with Crippen molar-refractivity contribution < 1.29 is 9.13 Å². The highest BCUT2D eigenvalue weighted by Crippen LogP contribution is 2.40. The molecule has 0 aromatic heterocycles. The second-order valence-electron chi connectivity index (χ2n) is 4.77. The average molecular weight is 317 g/mol. The summed E-state index contributed by atoms with van der Waals surface area (Å²) in [6.45, 7) is 1.55. The molecule has 1 heterocycles. The molecule has 0 amide bonds. The molecule has 0 saturated carbocycles. The predicted octanol–water partition coefficient (Wildman–Crippen LogP) is 2.55. The average Bonchev–Trinajstić information content (AvgIpc) is 2.71. The van der Waals surface area contributed by atoms with Crippen LogP contribution in [0.2, 0.25) is 0 Å². The Kier molecular flexibility index (Phi) is 4.25. The third kappa shape index (κ3) is 2.39. The van der Waals surface area contributed by atoms with E-state index in [0.717, 1.165) is 17.4 Å². The van der Waals surface area contributed by atoms with E-state index in [1.165, 1.54) is 7.11 Å². The van der Waals surface area contributed by atoms with Gasteiger partial charge in [0.2, 0.25) is 0 Å². The first-order chi connectivity index (χ1) is 8.58. The molecule has 100 valence electrons. The summed E-state index contributed by atoms with van der Waals surface area (Å²) < 4.78 is 20.2. The molecule has 1 aromatic rings. The maximum Gasteiger partial charge on any atom is 0.170 e. The highest BCUT2D eigenvalue weighted by molar-refractivity contribution is 9.10.